The van der Waals surface area contributed by atoms with Gasteiger partial charge in [0.1, 0.15) is 11.5 Å². The van der Waals surface area contributed by atoms with Gasteiger partial charge in [-0.05, 0) is 66.0 Å². The fraction of sp³-hybridized carbons (Fsp3) is 0.292. The number of benzene rings is 1. The van der Waals surface area contributed by atoms with E-state index in [4.69, 9.17) is 11.5 Å². The van der Waals surface area contributed by atoms with Crippen molar-refractivity contribution >= 4 is 17.3 Å². The van der Waals surface area contributed by atoms with Crippen molar-refractivity contribution in [1.82, 2.24) is 0 Å². The molecule has 4 rings (SSSR count). The summed E-state index contributed by atoms with van der Waals surface area (Å²) < 4.78 is 0. The highest BCUT2D eigenvalue weighted by Gasteiger charge is 2.44. The second-order valence-corrected chi connectivity index (χ2v) is 8.50. The van der Waals surface area contributed by atoms with Gasteiger partial charge in [0.2, 0.25) is 0 Å². The van der Waals surface area contributed by atoms with Crippen molar-refractivity contribution in [1.29, 1.82) is 0 Å². The zero-order chi connectivity index (χ0) is 21.9. The maximum absolute atomic E-state index is 11.5. The number of anilines is 1. The average molecular weight is 405 g/mol. The van der Waals surface area contributed by atoms with Gasteiger partial charge in [0, 0.05) is 34.9 Å². The molecule has 156 valence electrons. The first-order valence-corrected chi connectivity index (χ1v) is 9.99. The Balaban J connectivity index is 1.84. The fourth-order valence-corrected chi connectivity index (χ4v) is 5.78. The van der Waals surface area contributed by atoms with E-state index < -0.39 is 6.03 Å². The molecule has 30 heavy (non-hydrogen) atoms. The minimum atomic E-state index is -0.650. The summed E-state index contributed by atoms with van der Waals surface area (Å²) in [6.45, 7) is 14.4. The number of carbonyl (C=O) groups excluding carboxylic acids is 1. The van der Waals surface area contributed by atoms with E-state index in [2.05, 4.69) is 32.0 Å². The molecule has 0 radical (unpaired) electrons. The van der Waals surface area contributed by atoms with E-state index in [0.717, 1.165) is 34.3 Å². The molecule has 0 spiro atoms. The van der Waals surface area contributed by atoms with Crippen LogP contribution in [0.3, 0.4) is 0 Å². The minimum Gasteiger partial charge on any atom is -0.512 e. The van der Waals surface area contributed by atoms with Crippen LogP contribution in [-0.4, -0.2) is 16.2 Å². The van der Waals surface area contributed by atoms with Gasteiger partial charge >= 0.3 is 6.03 Å². The van der Waals surface area contributed by atoms with Crippen molar-refractivity contribution in [3.8, 4) is 5.75 Å². The molecule has 2 amide bonds. The van der Waals surface area contributed by atoms with Gasteiger partial charge in [-0.15, -0.1) is 0 Å². The summed E-state index contributed by atoms with van der Waals surface area (Å²) in [5.41, 5.74) is 18.0. The summed E-state index contributed by atoms with van der Waals surface area (Å²) in [7, 11) is 0. The molecule has 0 bridgehead atoms. The van der Waals surface area contributed by atoms with Crippen LogP contribution in [0.2, 0.25) is 0 Å². The largest absolute Gasteiger partial charge is 0.512 e. The van der Waals surface area contributed by atoms with Gasteiger partial charge in [0.05, 0.1) is 0 Å². The number of rotatable bonds is 2. The van der Waals surface area contributed by atoms with E-state index in [1.54, 1.807) is 12.1 Å². The van der Waals surface area contributed by atoms with Crippen molar-refractivity contribution in [3.05, 3.63) is 76.7 Å². The van der Waals surface area contributed by atoms with Gasteiger partial charge in [-0.1, -0.05) is 25.3 Å². The van der Waals surface area contributed by atoms with Gasteiger partial charge in [-0.2, -0.15) is 0 Å². The number of amides is 2. The monoisotopic (exact) mass is 405 g/mol. The number of hydrogen-bond donors (Lipinski definition) is 5. The lowest BCUT2D eigenvalue weighted by Crippen LogP contribution is -2.36. The molecule has 0 fully saturated rings. The molecule has 0 saturated heterocycles. The minimum absolute atomic E-state index is 0.0369. The van der Waals surface area contributed by atoms with Gasteiger partial charge in [0.25, 0.3) is 0 Å². The van der Waals surface area contributed by atoms with E-state index in [9.17, 15) is 15.0 Å². The highest BCUT2D eigenvalue weighted by molar-refractivity contribution is 5.94. The molecule has 0 heterocycles. The number of urea groups is 1. The van der Waals surface area contributed by atoms with Crippen molar-refractivity contribution in [2.75, 3.05) is 5.32 Å². The fourth-order valence-electron chi connectivity index (χ4n) is 5.78. The lowest BCUT2D eigenvalue weighted by Gasteiger charge is -2.45. The molecule has 0 aliphatic heterocycles. The maximum atomic E-state index is 11.5. The van der Waals surface area contributed by atoms with Crippen LogP contribution in [0, 0.1) is 17.8 Å². The third kappa shape index (κ3) is 2.83. The number of aliphatic hydroxyl groups is 1. The van der Waals surface area contributed by atoms with Crippen LogP contribution >= 0.6 is 0 Å². The van der Waals surface area contributed by atoms with E-state index in [-0.39, 0.29) is 29.3 Å². The molecule has 3 unspecified atom stereocenters. The van der Waals surface area contributed by atoms with Crippen LogP contribution < -0.4 is 16.8 Å². The summed E-state index contributed by atoms with van der Waals surface area (Å²) in [6.07, 6.45) is 1.98. The second kappa shape index (κ2) is 6.83. The van der Waals surface area contributed by atoms with Crippen LogP contribution in [0.15, 0.2) is 65.6 Å². The molecule has 3 aliphatic carbocycles. The van der Waals surface area contributed by atoms with Gasteiger partial charge in [-0.3, -0.25) is 0 Å². The quantitative estimate of drug-likeness (QED) is 0.472. The molecule has 3 aliphatic rings. The molecule has 1 aromatic carbocycles. The number of nitrogens with one attached hydrogen (secondary N) is 1. The lowest BCUT2D eigenvalue weighted by atomic mass is 9.59. The summed E-state index contributed by atoms with van der Waals surface area (Å²) >= 11 is 0. The average Bonchev–Trinajstić information content (AvgIpc) is 2.62. The number of aromatic hydroxyl groups is 1. The summed E-state index contributed by atoms with van der Waals surface area (Å²) in [4.78, 5) is 11.5. The Morgan fingerprint density at radius 2 is 1.90 bits per heavy atom. The van der Waals surface area contributed by atoms with Crippen molar-refractivity contribution < 1.29 is 15.0 Å². The third-order valence-electron chi connectivity index (χ3n) is 6.75. The topological polar surface area (TPSA) is 122 Å². The summed E-state index contributed by atoms with van der Waals surface area (Å²) in [6, 6.07) is 2.56. The lowest BCUT2D eigenvalue weighted by molar-refractivity contribution is 0.251. The second-order valence-electron chi connectivity index (χ2n) is 8.50. The standard InChI is InChI=1S/C24H27N3O3/c1-10-20-11(2)22(13(4)25)19(29)9-15(20)7-14-8-16-17(27-24(26)30)5-6-18(28)23(16)12(3)21(10)14/h5-6,14-15,20,28-29H,2-4,7-9,25H2,1H3,(H3,26,27,30). The first-order valence-electron chi connectivity index (χ1n) is 9.99. The van der Waals surface area contributed by atoms with Crippen LogP contribution in [0.5, 0.6) is 5.75 Å². The number of hydrogen-bond acceptors (Lipinski definition) is 4. The zero-order valence-corrected chi connectivity index (χ0v) is 17.1. The van der Waals surface area contributed by atoms with Crippen LogP contribution in [-0.2, 0) is 6.42 Å². The van der Waals surface area contributed by atoms with Gasteiger partial charge < -0.3 is 27.0 Å². The zero-order valence-electron chi connectivity index (χ0n) is 17.1. The molecule has 7 N–H and O–H groups in total. The number of phenolic OH excluding ortho intramolecular Hbond substituents is 1. The Hall–Kier alpha value is -3.41. The van der Waals surface area contributed by atoms with Crippen molar-refractivity contribution in [2.45, 2.75) is 26.2 Å². The Kier molecular flexibility index (Phi) is 4.53. The molecule has 0 saturated carbocycles. The Morgan fingerprint density at radius 1 is 1.20 bits per heavy atom. The predicted molar refractivity (Wildman–Crippen MR) is 119 cm³/mol. The highest BCUT2D eigenvalue weighted by atomic mass is 16.3. The maximum Gasteiger partial charge on any atom is 0.316 e. The SMILES string of the molecule is C=C(N)C1=C(O)CC2CC3Cc4c(NC(N)=O)ccc(O)c4C(=C)C3=C(C)C2C1=C. The molecule has 1 aromatic rings. The Bertz CT molecular complexity index is 1090. The van der Waals surface area contributed by atoms with Gasteiger partial charge in [0.15, 0.2) is 0 Å². The van der Waals surface area contributed by atoms with Gasteiger partial charge in [-0.25, -0.2) is 4.79 Å². The number of aliphatic hydroxyl groups excluding tert-OH is 1. The summed E-state index contributed by atoms with van der Waals surface area (Å²) in [5.74, 6) is 0.753. The number of phenols is 1. The van der Waals surface area contributed by atoms with Crippen molar-refractivity contribution in [3.63, 3.8) is 0 Å². The Morgan fingerprint density at radius 3 is 2.53 bits per heavy atom. The molecule has 6 heteroatoms. The van der Waals surface area contributed by atoms with E-state index in [1.807, 2.05) is 0 Å². The van der Waals surface area contributed by atoms with Crippen LogP contribution in [0.1, 0.15) is 30.9 Å². The summed E-state index contributed by atoms with van der Waals surface area (Å²) in [5, 5.41) is 23.8. The highest BCUT2D eigenvalue weighted by Crippen LogP contribution is 2.56. The number of carbonyl (C=O) groups is 1. The molecule has 6 nitrogen and oxygen atoms in total. The van der Waals surface area contributed by atoms with E-state index in [0.29, 0.717) is 35.4 Å². The molecule has 0 aromatic heterocycles. The Labute approximate surface area is 176 Å². The van der Waals surface area contributed by atoms with Crippen LogP contribution in [0.4, 0.5) is 10.5 Å². The normalized spacial score (nSPS) is 25.4. The van der Waals surface area contributed by atoms with E-state index >= 15 is 0 Å². The first-order chi connectivity index (χ1) is 14.1. The number of primary amides is 1. The van der Waals surface area contributed by atoms with E-state index in [1.165, 1.54) is 0 Å². The smallest absolute Gasteiger partial charge is 0.316 e. The third-order valence-corrected chi connectivity index (χ3v) is 6.75. The number of allylic oxidation sites excluding steroid dienone is 5. The first kappa shape index (κ1) is 19.9. The number of fused-ring (bicyclic) bond motifs is 3. The molecule has 3 atom stereocenters. The van der Waals surface area contributed by atoms with Crippen LogP contribution in [0.25, 0.3) is 5.57 Å². The molecular weight excluding hydrogens is 378 g/mol. The predicted octanol–water partition coefficient (Wildman–Crippen LogP) is 4.27. The molecular formula is C24H27N3O3. The van der Waals surface area contributed by atoms with Crippen molar-refractivity contribution in [2.24, 2.45) is 29.2 Å². The number of nitrogens with two attached hydrogens (primary N) is 2.